The van der Waals surface area contributed by atoms with Crippen molar-refractivity contribution in [2.24, 2.45) is 11.7 Å². The highest BCUT2D eigenvalue weighted by atomic mass is 35.5. The molecule has 1 fully saturated rings. The zero-order chi connectivity index (χ0) is 21.0. The lowest BCUT2D eigenvalue weighted by molar-refractivity contribution is 0.0900. The number of ketones is 1. The molecule has 4 rings (SSSR count). The molecule has 0 saturated carbocycles. The number of nitrogens with two attached hydrogens (primary N) is 1. The van der Waals surface area contributed by atoms with Gasteiger partial charge >= 0.3 is 0 Å². The smallest absolute Gasteiger partial charge is 0.188 e. The zero-order valence-electron chi connectivity index (χ0n) is 16.9. The number of hydrogen-bond donors (Lipinski definition) is 2. The van der Waals surface area contributed by atoms with Crippen molar-refractivity contribution >= 4 is 23.1 Å². The molecule has 0 amide bonds. The number of hydrogen-bond acceptors (Lipinski definition) is 5. The molecule has 2 atom stereocenters. The lowest BCUT2D eigenvalue weighted by Gasteiger charge is -2.37. The maximum atomic E-state index is 13.2. The molecular weight excluding hydrogens is 396 g/mol. The summed E-state index contributed by atoms with van der Waals surface area (Å²) in [5.41, 5.74) is 7.32. The Morgan fingerprint density at radius 1 is 1.13 bits per heavy atom. The summed E-state index contributed by atoms with van der Waals surface area (Å²) in [6.45, 7) is 2.88. The normalized spacial score (nSPS) is 24.2. The first-order valence-electron chi connectivity index (χ1n) is 10.4. The molecule has 2 aliphatic rings. The van der Waals surface area contributed by atoms with Crippen molar-refractivity contribution < 1.29 is 4.79 Å². The lowest BCUT2D eigenvalue weighted by Crippen LogP contribution is -2.61. The minimum atomic E-state index is -1.11. The third-order valence-corrected chi connectivity index (χ3v) is 6.32. The van der Waals surface area contributed by atoms with Crippen LogP contribution in [0.3, 0.4) is 0 Å². The molecule has 2 unspecified atom stereocenters. The van der Waals surface area contributed by atoms with Gasteiger partial charge in [-0.1, -0.05) is 35.9 Å². The maximum Gasteiger partial charge on any atom is 0.188 e. The van der Waals surface area contributed by atoms with Crippen LogP contribution in [-0.2, 0) is 0 Å². The van der Waals surface area contributed by atoms with E-state index in [-0.39, 0.29) is 11.8 Å². The number of aromatic nitrogens is 1. The van der Waals surface area contributed by atoms with E-state index in [2.05, 4.69) is 27.3 Å². The number of nitrogens with one attached hydrogen (secondary N) is 1. The second-order valence-electron chi connectivity index (χ2n) is 8.03. The maximum absolute atomic E-state index is 13.2. The Hall–Kier alpha value is -2.47. The first-order chi connectivity index (χ1) is 14.6. The average molecular weight is 423 g/mol. The van der Waals surface area contributed by atoms with Crippen LogP contribution < -0.4 is 16.0 Å². The summed E-state index contributed by atoms with van der Waals surface area (Å²) in [5, 5.41) is 4.16. The summed E-state index contributed by atoms with van der Waals surface area (Å²) in [4.78, 5) is 19.7. The van der Waals surface area contributed by atoms with Gasteiger partial charge in [-0.25, -0.2) is 0 Å². The van der Waals surface area contributed by atoms with Crippen LogP contribution in [0.15, 0.2) is 73.1 Å². The highest BCUT2D eigenvalue weighted by molar-refractivity contribution is 6.30. The zero-order valence-corrected chi connectivity index (χ0v) is 17.6. The largest absolute Gasteiger partial charge is 0.371 e. The van der Waals surface area contributed by atoms with Gasteiger partial charge in [0.1, 0.15) is 5.54 Å². The summed E-state index contributed by atoms with van der Waals surface area (Å²) in [7, 11) is 0. The Morgan fingerprint density at radius 3 is 2.53 bits per heavy atom. The Balaban J connectivity index is 1.36. The van der Waals surface area contributed by atoms with Gasteiger partial charge in [-0.3, -0.25) is 9.78 Å². The summed E-state index contributed by atoms with van der Waals surface area (Å²) in [6.07, 6.45) is 13.5. The molecule has 1 aliphatic heterocycles. The quantitative estimate of drug-likeness (QED) is 0.696. The van der Waals surface area contributed by atoms with Gasteiger partial charge in [0.15, 0.2) is 5.78 Å². The van der Waals surface area contributed by atoms with Crippen LogP contribution in [0.2, 0.25) is 5.02 Å². The minimum absolute atomic E-state index is 0.107. The first kappa shape index (κ1) is 20.8. The number of nitrogens with zero attached hydrogens (tertiary/aromatic N) is 2. The van der Waals surface area contributed by atoms with E-state index >= 15 is 0 Å². The Kier molecular flexibility index (Phi) is 6.32. The van der Waals surface area contributed by atoms with E-state index in [9.17, 15) is 4.79 Å². The molecule has 1 aliphatic carbocycles. The van der Waals surface area contributed by atoms with Gasteiger partial charge in [-0.15, -0.1) is 0 Å². The van der Waals surface area contributed by atoms with Gasteiger partial charge in [0.25, 0.3) is 0 Å². The predicted molar refractivity (Wildman–Crippen MR) is 122 cm³/mol. The van der Waals surface area contributed by atoms with Gasteiger partial charge in [-0.05, 0) is 61.7 Å². The van der Waals surface area contributed by atoms with Crippen molar-refractivity contribution in [3.8, 4) is 0 Å². The number of carbonyl (C=O) groups excluding carboxylic acids is 1. The van der Waals surface area contributed by atoms with Crippen molar-refractivity contribution in [1.82, 2.24) is 10.3 Å². The van der Waals surface area contributed by atoms with Crippen LogP contribution in [-0.4, -0.2) is 42.0 Å². The topological polar surface area (TPSA) is 71.2 Å². The fourth-order valence-corrected chi connectivity index (χ4v) is 4.33. The summed E-state index contributed by atoms with van der Waals surface area (Å²) in [6, 6.07) is 10.8. The number of piperidine rings is 1. The number of pyridine rings is 1. The van der Waals surface area contributed by atoms with E-state index in [4.69, 9.17) is 17.3 Å². The predicted octanol–water partition coefficient (Wildman–Crippen LogP) is 3.62. The van der Waals surface area contributed by atoms with Crippen LogP contribution >= 0.6 is 11.6 Å². The minimum Gasteiger partial charge on any atom is -0.371 e. The molecule has 5 nitrogen and oxygen atoms in total. The third-order valence-electron chi connectivity index (χ3n) is 6.07. The molecule has 2 aromatic rings. The number of allylic oxidation sites excluding steroid dienone is 2. The van der Waals surface area contributed by atoms with Gasteiger partial charge in [0.05, 0.1) is 6.04 Å². The molecule has 30 heavy (non-hydrogen) atoms. The highest BCUT2D eigenvalue weighted by Gasteiger charge is 2.40. The summed E-state index contributed by atoms with van der Waals surface area (Å²) in [5.74, 6) is 0.446. The van der Waals surface area contributed by atoms with Crippen molar-refractivity contribution in [1.29, 1.82) is 0 Å². The van der Waals surface area contributed by atoms with Gasteiger partial charge in [-0.2, -0.15) is 0 Å². The monoisotopic (exact) mass is 422 g/mol. The van der Waals surface area contributed by atoms with Crippen LogP contribution in [0.4, 0.5) is 5.69 Å². The molecular formula is C24H27ClN4O. The fourth-order valence-electron chi connectivity index (χ4n) is 4.20. The van der Waals surface area contributed by atoms with Gasteiger partial charge in [0, 0.05) is 41.8 Å². The van der Waals surface area contributed by atoms with Crippen molar-refractivity contribution in [2.45, 2.75) is 24.4 Å². The summed E-state index contributed by atoms with van der Waals surface area (Å²) >= 11 is 5.96. The first-order valence-corrected chi connectivity index (χ1v) is 10.8. The number of rotatable bonds is 6. The van der Waals surface area contributed by atoms with Gasteiger partial charge in [0.2, 0.25) is 0 Å². The number of Topliss-reactive ketones (excluding diaryl/α,β-unsaturated/α-hetero) is 1. The number of halogens is 1. The number of carbonyl (C=O) groups is 1. The van der Waals surface area contributed by atoms with E-state index < -0.39 is 5.54 Å². The molecule has 0 bridgehead atoms. The Labute approximate surface area is 182 Å². The Morgan fingerprint density at radius 2 is 1.83 bits per heavy atom. The van der Waals surface area contributed by atoms with E-state index in [1.807, 2.05) is 30.6 Å². The van der Waals surface area contributed by atoms with E-state index in [1.165, 1.54) is 5.69 Å². The van der Waals surface area contributed by atoms with E-state index in [0.717, 1.165) is 32.5 Å². The molecule has 156 valence electrons. The van der Waals surface area contributed by atoms with Crippen molar-refractivity contribution in [3.63, 3.8) is 0 Å². The van der Waals surface area contributed by atoms with E-state index in [0.29, 0.717) is 16.5 Å². The molecule has 0 radical (unpaired) electrons. The van der Waals surface area contributed by atoms with Crippen molar-refractivity contribution in [2.75, 3.05) is 24.5 Å². The molecule has 6 heteroatoms. The van der Waals surface area contributed by atoms with Crippen LogP contribution in [0, 0.1) is 5.92 Å². The molecule has 1 aromatic heterocycles. The molecule has 1 aromatic carbocycles. The lowest BCUT2D eigenvalue weighted by atomic mass is 9.80. The second-order valence-corrected chi connectivity index (χ2v) is 8.47. The van der Waals surface area contributed by atoms with Crippen LogP contribution in [0.5, 0.6) is 0 Å². The molecule has 1 saturated heterocycles. The highest BCUT2D eigenvalue weighted by Crippen LogP contribution is 2.25. The number of anilines is 1. The van der Waals surface area contributed by atoms with Crippen LogP contribution in [0.25, 0.3) is 0 Å². The average Bonchev–Trinajstić information content (AvgIpc) is 2.79. The SMILES string of the molecule is NC1(C(=O)c2ccc(Cl)cc2)C=CC=CC1NCC1CCN(c2ccncc2)CC1. The number of benzene rings is 1. The third kappa shape index (κ3) is 4.48. The van der Waals surface area contributed by atoms with Gasteiger partial charge < -0.3 is 16.0 Å². The molecule has 2 heterocycles. The van der Waals surface area contributed by atoms with E-state index in [1.54, 1.807) is 30.3 Å². The standard InChI is InChI=1S/C24H27ClN4O/c25-20-6-4-19(5-7-20)23(30)24(26)12-2-1-3-22(24)28-17-18-10-15-29(16-11-18)21-8-13-27-14-9-21/h1-9,12-14,18,22,28H,10-11,15-17,26H2. The molecule has 3 N–H and O–H groups in total. The fraction of sp³-hybridized carbons (Fsp3) is 0.333. The Bertz CT molecular complexity index is 920. The summed E-state index contributed by atoms with van der Waals surface area (Å²) < 4.78 is 0. The van der Waals surface area contributed by atoms with Crippen molar-refractivity contribution in [3.05, 3.63) is 83.7 Å². The second kappa shape index (κ2) is 9.13. The molecule has 0 spiro atoms. The van der Waals surface area contributed by atoms with Crippen LogP contribution in [0.1, 0.15) is 23.2 Å².